The van der Waals surface area contributed by atoms with Crippen LogP contribution in [0, 0.1) is 5.41 Å². The Balaban J connectivity index is 1.62. The molecule has 0 aromatic carbocycles. The summed E-state index contributed by atoms with van der Waals surface area (Å²) in [6.07, 6.45) is -1.54. The lowest BCUT2D eigenvalue weighted by Crippen LogP contribution is -2.45. The third kappa shape index (κ3) is 2.79. The van der Waals surface area contributed by atoms with E-state index in [1.807, 2.05) is 0 Å². The van der Waals surface area contributed by atoms with Gasteiger partial charge in [-0.25, -0.2) is 0 Å². The van der Waals surface area contributed by atoms with Crippen LogP contribution in [0.15, 0.2) is 12.3 Å². The highest BCUT2D eigenvalue weighted by molar-refractivity contribution is 6.04. The summed E-state index contributed by atoms with van der Waals surface area (Å²) in [5.74, 6) is -1.47. The maximum Gasteiger partial charge on any atom is 0.435 e. The average molecular weight is 331 g/mol. The molecule has 1 aliphatic heterocycles. The van der Waals surface area contributed by atoms with Crippen LogP contribution >= 0.6 is 0 Å². The van der Waals surface area contributed by atoms with Crippen molar-refractivity contribution < 1.29 is 27.9 Å². The van der Waals surface area contributed by atoms with E-state index in [9.17, 15) is 22.8 Å². The molecule has 9 heteroatoms. The molecule has 2 heterocycles. The molecule has 1 saturated heterocycles. The summed E-state index contributed by atoms with van der Waals surface area (Å²) in [7, 11) is 0. The van der Waals surface area contributed by atoms with Gasteiger partial charge in [-0.05, 0) is 31.7 Å². The first-order valence-electron chi connectivity index (χ1n) is 7.39. The number of alkyl halides is 3. The summed E-state index contributed by atoms with van der Waals surface area (Å²) in [6, 6.07) is 0.719. The predicted molar refractivity (Wildman–Crippen MR) is 71.4 cm³/mol. The van der Waals surface area contributed by atoms with Crippen LogP contribution in [0.5, 0.6) is 0 Å². The fourth-order valence-electron chi connectivity index (χ4n) is 2.97. The molecule has 2 aliphatic rings. The molecule has 23 heavy (non-hydrogen) atoms. The molecule has 1 N–H and O–H groups in total. The number of amides is 1. The van der Waals surface area contributed by atoms with Crippen molar-refractivity contribution >= 4 is 11.9 Å². The highest BCUT2D eigenvalue weighted by Gasteiger charge is 2.58. The summed E-state index contributed by atoms with van der Waals surface area (Å²) in [5.41, 5.74) is -2.19. The lowest BCUT2D eigenvalue weighted by Gasteiger charge is -2.33. The van der Waals surface area contributed by atoms with E-state index < -0.39 is 23.3 Å². The Labute approximate surface area is 129 Å². The second-order valence-corrected chi connectivity index (χ2v) is 6.09. The Kier molecular flexibility index (Phi) is 3.61. The van der Waals surface area contributed by atoms with Gasteiger partial charge in [0.15, 0.2) is 5.69 Å². The number of hydrogen-bond donors (Lipinski definition) is 1. The van der Waals surface area contributed by atoms with Gasteiger partial charge in [0.25, 0.3) is 0 Å². The lowest BCUT2D eigenvalue weighted by atomic mass is 10.0. The molecular weight excluding hydrogens is 315 g/mol. The predicted octanol–water partition coefficient (Wildman–Crippen LogP) is 1.93. The molecule has 0 bridgehead atoms. The van der Waals surface area contributed by atoms with Gasteiger partial charge in [0.1, 0.15) is 5.41 Å². The van der Waals surface area contributed by atoms with Gasteiger partial charge in [0, 0.05) is 19.3 Å². The Morgan fingerprint density at radius 1 is 1.26 bits per heavy atom. The van der Waals surface area contributed by atoms with Gasteiger partial charge in [-0.15, -0.1) is 0 Å². The maximum atomic E-state index is 12.6. The average Bonchev–Trinajstić information content (AvgIpc) is 3.15. The monoisotopic (exact) mass is 331 g/mol. The van der Waals surface area contributed by atoms with Crippen molar-refractivity contribution in [2.45, 2.75) is 37.9 Å². The number of aliphatic carboxylic acids is 1. The number of carboxylic acid groups (broad SMARTS) is 1. The van der Waals surface area contributed by atoms with Crippen molar-refractivity contribution in [1.29, 1.82) is 0 Å². The van der Waals surface area contributed by atoms with E-state index in [0.717, 1.165) is 6.07 Å². The maximum absolute atomic E-state index is 12.6. The molecule has 1 aliphatic carbocycles. The Morgan fingerprint density at radius 3 is 2.30 bits per heavy atom. The van der Waals surface area contributed by atoms with Crippen LogP contribution in [-0.4, -0.2) is 44.8 Å². The Morgan fingerprint density at radius 2 is 1.87 bits per heavy atom. The van der Waals surface area contributed by atoms with Crippen molar-refractivity contribution in [3.05, 3.63) is 18.0 Å². The van der Waals surface area contributed by atoms with Crippen LogP contribution < -0.4 is 0 Å². The van der Waals surface area contributed by atoms with Gasteiger partial charge in [0.2, 0.25) is 5.91 Å². The second-order valence-electron chi connectivity index (χ2n) is 6.09. The number of carbonyl (C=O) groups excluding carboxylic acids is 1. The zero-order valence-corrected chi connectivity index (χ0v) is 12.2. The number of halogens is 3. The number of hydrogen-bond acceptors (Lipinski definition) is 3. The van der Waals surface area contributed by atoms with E-state index in [4.69, 9.17) is 5.11 Å². The molecule has 0 radical (unpaired) electrons. The summed E-state index contributed by atoms with van der Waals surface area (Å²) in [4.78, 5) is 25.0. The van der Waals surface area contributed by atoms with Crippen molar-refractivity contribution in [2.75, 3.05) is 13.1 Å². The van der Waals surface area contributed by atoms with Gasteiger partial charge < -0.3 is 10.0 Å². The molecule has 126 valence electrons. The number of likely N-dealkylation sites (tertiary alicyclic amines) is 1. The standard InChI is InChI=1S/C14H16F3N3O3/c15-14(16,17)10-3-8-20(18-10)9-1-6-19(7-2-9)11(21)13(4-5-13)12(22)23/h3,8-9H,1-2,4-7H2,(H,22,23). The molecule has 1 saturated carbocycles. The topological polar surface area (TPSA) is 75.4 Å². The van der Waals surface area contributed by atoms with Gasteiger partial charge >= 0.3 is 12.1 Å². The van der Waals surface area contributed by atoms with Crippen molar-refractivity contribution in [3.63, 3.8) is 0 Å². The van der Waals surface area contributed by atoms with E-state index in [0.29, 0.717) is 38.8 Å². The van der Waals surface area contributed by atoms with Crippen LogP contribution in [0.4, 0.5) is 13.2 Å². The quantitative estimate of drug-likeness (QED) is 0.859. The third-order valence-electron chi connectivity index (χ3n) is 4.59. The van der Waals surface area contributed by atoms with Crippen molar-refractivity contribution in [3.8, 4) is 0 Å². The van der Waals surface area contributed by atoms with Crippen molar-refractivity contribution in [1.82, 2.24) is 14.7 Å². The number of rotatable bonds is 3. The Hall–Kier alpha value is -2.06. The summed E-state index contributed by atoms with van der Waals surface area (Å²) in [5, 5.41) is 12.7. The molecule has 1 aromatic rings. The summed E-state index contributed by atoms with van der Waals surface area (Å²) < 4.78 is 39.0. The number of nitrogens with zero attached hydrogens (tertiary/aromatic N) is 3. The lowest BCUT2D eigenvalue weighted by molar-refractivity contribution is -0.154. The van der Waals surface area contributed by atoms with Crippen molar-refractivity contribution in [2.24, 2.45) is 5.41 Å². The van der Waals surface area contributed by atoms with Crippen LogP contribution in [0.3, 0.4) is 0 Å². The normalized spacial score (nSPS) is 21.3. The fourth-order valence-corrected chi connectivity index (χ4v) is 2.97. The minimum absolute atomic E-state index is 0.213. The number of carboxylic acids is 1. The van der Waals surface area contributed by atoms with Crippen LogP contribution in [-0.2, 0) is 15.8 Å². The molecule has 3 rings (SSSR count). The van der Waals surface area contributed by atoms with Crippen LogP contribution in [0.1, 0.15) is 37.4 Å². The highest BCUT2D eigenvalue weighted by atomic mass is 19.4. The van der Waals surface area contributed by atoms with Gasteiger partial charge in [-0.2, -0.15) is 18.3 Å². The first kappa shape index (κ1) is 15.8. The zero-order valence-electron chi connectivity index (χ0n) is 12.2. The summed E-state index contributed by atoms with van der Waals surface area (Å²) >= 11 is 0. The summed E-state index contributed by atoms with van der Waals surface area (Å²) in [6.45, 7) is 0.666. The molecule has 0 atom stereocenters. The first-order chi connectivity index (χ1) is 10.7. The largest absolute Gasteiger partial charge is 0.480 e. The van der Waals surface area contributed by atoms with Gasteiger partial charge in [0.05, 0.1) is 6.04 Å². The van der Waals surface area contributed by atoms with Crippen LogP contribution in [0.25, 0.3) is 0 Å². The minimum atomic E-state index is -4.47. The highest BCUT2D eigenvalue weighted by Crippen LogP contribution is 2.48. The van der Waals surface area contributed by atoms with E-state index in [1.54, 1.807) is 0 Å². The van der Waals surface area contributed by atoms with Gasteiger partial charge in [-0.1, -0.05) is 0 Å². The molecule has 1 aromatic heterocycles. The minimum Gasteiger partial charge on any atom is -0.480 e. The number of piperidine rings is 1. The zero-order chi connectivity index (χ0) is 16.8. The first-order valence-corrected chi connectivity index (χ1v) is 7.39. The molecule has 2 fully saturated rings. The number of aromatic nitrogens is 2. The second kappa shape index (κ2) is 5.24. The molecule has 0 spiro atoms. The molecule has 1 amide bonds. The van der Waals surface area contributed by atoms with Gasteiger partial charge in [-0.3, -0.25) is 14.3 Å². The SMILES string of the molecule is O=C(O)C1(C(=O)N2CCC(n3ccc(C(F)(F)F)n3)CC2)CC1. The number of carbonyl (C=O) groups is 2. The van der Waals surface area contributed by atoms with E-state index in [1.165, 1.54) is 15.8 Å². The van der Waals surface area contributed by atoms with E-state index >= 15 is 0 Å². The van der Waals surface area contributed by atoms with E-state index in [2.05, 4.69) is 5.10 Å². The third-order valence-corrected chi connectivity index (χ3v) is 4.59. The molecule has 0 unspecified atom stereocenters. The smallest absolute Gasteiger partial charge is 0.435 e. The van der Waals surface area contributed by atoms with Crippen LogP contribution in [0.2, 0.25) is 0 Å². The molecule has 6 nitrogen and oxygen atoms in total. The van der Waals surface area contributed by atoms with E-state index in [-0.39, 0.29) is 11.9 Å². The Bertz CT molecular complexity index is 629. The molecular formula is C14H16F3N3O3. The fraction of sp³-hybridized carbons (Fsp3) is 0.643.